The summed E-state index contributed by atoms with van der Waals surface area (Å²) in [4.78, 5) is 33.0. The number of carbonyl (C=O) groups is 3. The Morgan fingerprint density at radius 1 is 0.625 bits per heavy atom. The van der Waals surface area contributed by atoms with Gasteiger partial charge >= 0.3 is 450 Å². The summed E-state index contributed by atoms with van der Waals surface area (Å²) >= 11 is 34.0. The summed E-state index contributed by atoms with van der Waals surface area (Å²) in [7, 11) is -3.41. The molecule has 0 saturated heterocycles. The zero-order valence-electron chi connectivity index (χ0n) is 38.7. The predicted molar refractivity (Wildman–Crippen MR) is 415 cm³/mol. The molecule has 0 spiro atoms. The second-order valence-electron chi connectivity index (χ2n) is 11.7. The van der Waals surface area contributed by atoms with Gasteiger partial charge < -0.3 is 18.6 Å². The molecule has 3 aromatic rings. The van der Waals surface area contributed by atoms with E-state index in [1.165, 1.54) is 189 Å². The van der Waals surface area contributed by atoms with E-state index >= 15 is 0 Å². The molecular formula is C34H41I16K7N3O3Si-. The zero-order chi connectivity index (χ0) is 50.2. The molecule has 64 heavy (non-hydrogen) atoms. The fourth-order valence-electron chi connectivity index (χ4n) is 3.67. The second-order valence-corrected chi connectivity index (χ2v) is 326. The molecule has 0 heterocycles. The Morgan fingerprint density at radius 3 is 1.30 bits per heavy atom. The Labute approximate surface area is 687 Å². The van der Waals surface area contributed by atoms with Crippen LogP contribution in [0.4, 0.5) is 0 Å². The number of hydrogen-bond donors (Lipinski definition) is 3. The van der Waals surface area contributed by atoms with E-state index in [0.29, 0.717) is 13.3 Å². The van der Waals surface area contributed by atoms with Crippen LogP contribution in [-0.4, -0.2) is 215 Å². The first kappa shape index (κ1) is 91.3. The van der Waals surface area contributed by atoms with Gasteiger partial charge in [0.15, 0.2) is 0 Å². The second kappa shape index (κ2) is 59.2. The molecule has 0 aliphatic rings. The molecule has 3 unspecified atom stereocenters. The number of halogens is 16. The van der Waals surface area contributed by atoms with Gasteiger partial charge in [0.1, 0.15) is 8.07 Å². The normalized spacial score (nSPS) is 12.4. The van der Waals surface area contributed by atoms with Crippen molar-refractivity contribution in [3.8, 4) is 23.8 Å². The molecule has 0 aliphatic carbocycles. The number of carbonyl (C=O) groups excluding carboxylic acids is 3. The first-order valence-electron chi connectivity index (χ1n) is 18.4. The molecule has 3 rings (SSSR count). The number of rotatable bonds is 12. The zero-order valence-corrected chi connectivity index (χ0v) is 95.1. The minimum absolute atomic E-state index is 0. The van der Waals surface area contributed by atoms with Crippen LogP contribution in [0.15, 0.2) is 72.8 Å². The first-order chi connectivity index (χ1) is 29.4. The average molecular weight is 2870 g/mol. The topological polar surface area (TPSA) is 129 Å². The summed E-state index contributed by atoms with van der Waals surface area (Å²) in [6, 6.07) is 22.8. The molecule has 0 radical (unpaired) electrons. The quantitative estimate of drug-likeness (QED) is 0.0949. The van der Waals surface area contributed by atoms with Crippen LogP contribution in [0, 0.1) is 27.4 Å². The van der Waals surface area contributed by atoms with E-state index in [4.69, 9.17) is 23.6 Å². The van der Waals surface area contributed by atoms with Crippen molar-refractivity contribution < 1.29 is 80.4 Å². The summed E-state index contributed by atoms with van der Waals surface area (Å²) in [6.07, 6.45) is 5.29. The first-order valence-corrected chi connectivity index (χ1v) is 159. The van der Waals surface area contributed by atoms with E-state index in [2.05, 4.69) is 209 Å². The summed E-state index contributed by atoms with van der Waals surface area (Å²) in [5, 5.41) is 0. The van der Waals surface area contributed by atoms with E-state index in [-0.39, 0.29) is 128 Å². The van der Waals surface area contributed by atoms with Gasteiger partial charge in [0.2, 0.25) is 17.7 Å². The van der Waals surface area contributed by atoms with Crippen molar-refractivity contribution in [3.05, 3.63) is 104 Å². The summed E-state index contributed by atoms with van der Waals surface area (Å²) in [5.74, 6) is 3.95. The molecule has 0 saturated carbocycles. The van der Waals surface area contributed by atoms with Crippen LogP contribution in [0.1, 0.15) is 67.8 Å². The fourth-order valence-corrected chi connectivity index (χ4v) is 1890. The Morgan fingerprint density at radius 2 is 0.953 bits per heavy atom. The van der Waals surface area contributed by atoms with Crippen molar-refractivity contribution in [3.63, 3.8) is 0 Å². The molecule has 30 heteroatoms. The third-order valence-electron chi connectivity index (χ3n) is 6.68. The van der Waals surface area contributed by atoms with E-state index in [1.807, 2.05) is 80.6 Å². The van der Waals surface area contributed by atoms with Crippen molar-refractivity contribution in [2.24, 2.45) is 17.2 Å². The Bertz CT molecular complexity index is 1890. The third kappa shape index (κ3) is 45.7. The van der Waals surface area contributed by atoms with Crippen LogP contribution in [-0.2, 0) is 14.4 Å². The fraction of sp³-hybridized carbons (Fsp3) is 0.265. The standard InChI is InChI=1S/C14H19NOSi.C11H11NO.C9H10INO.I15.7K.H/c1-11(14(15)16)13-8-6-5-7-12(13)9-10-17(2,3)4;1-3-9-6-4-5-7-10(9)8(2)11(12)13;1-6(9(11)12)7-4-2-3-5-8(7)10;1-9-11(4)13(6)15(8)14(7)12(5)10(2)3;;;;;;;;/h5-8,11H,1-4H3,(H2,15,16);1,4-8H,2H3,(H2,12,13);2-6H,1H3,(H2,11,12);;;;;;;;;/q;;;-1;;;;;;;+1;-1. The molecule has 3 atom stereocenters. The van der Waals surface area contributed by atoms with Crippen LogP contribution in [0.25, 0.3) is 0 Å². The van der Waals surface area contributed by atoms with Crippen LogP contribution >= 0.6 is 219 Å². The molecule has 6 N–H and O–H groups in total. The third-order valence-corrected chi connectivity index (χ3v) is 917. The summed E-state index contributed by atoms with van der Waals surface area (Å²) in [6.45, 7) is 12.0. The van der Waals surface area contributed by atoms with Gasteiger partial charge in [0, 0.05) is 14.7 Å². The van der Waals surface area contributed by atoms with E-state index < -0.39 is 16.0 Å². The Hall–Kier alpha value is 18.5. The van der Waals surface area contributed by atoms with Gasteiger partial charge in [0.05, 0.1) is 17.8 Å². The van der Waals surface area contributed by atoms with Crippen LogP contribution in [0.3, 0.4) is 0 Å². The molecular weight excluding hydrogens is 2830 g/mol. The number of nitrogens with two attached hydrogens (primary N) is 3. The maximum atomic E-state index is 11.2. The van der Waals surface area contributed by atoms with Crippen LogP contribution < -0.4 is 81.8 Å². The van der Waals surface area contributed by atoms with Crippen molar-refractivity contribution in [2.75, 3.05) is 0 Å². The van der Waals surface area contributed by atoms with Crippen molar-refractivity contribution in [1.82, 2.24) is 0 Å². The van der Waals surface area contributed by atoms with E-state index in [9.17, 15) is 14.4 Å². The predicted octanol–water partition coefficient (Wildman–Crippen LogP) is 9.88. The maximum absolute atomic E-state index is 11.2. The van der Waals surface area contributed by atoms with Crippen LogP contribution in [0.2, 0.25) is 19.6 Å². The van der Waals surface area contributed by atoms with E-state index in [0.717, 1.165) is 31.4 Å². The molecule has 3 aromatic carbocycles. The van der Waals surface area contributed by atoms with Crippen molar-refractivity contribution in [2.45, 2.75) is 58.2 Å². The molecule has 0 aromatic heterocycles. The van der Waals surface area contributed by atoms with Crippen molar-refractivity contribution >= 4 is 434 Å². The molecule has 3 amide bonds. The number of hydrogen-bond acceptors (Lipinski definition) is 3. The molecule has 6 nitrogen and oxygen atoms in total. The SMILES string of the molecule is C#Cc1ccccc1C(C)C(N)=O.CC(C(N)=O)c1ccccc1C#C[Si](C)(C)C.CC(C(N)=O)c1ccccc1I.I[I-]I(I)I(I)I(I)I(I)I(I)I(I)I.[H-].[K+].[K][K].[K][K].[K][K]. The van der Waals surface area contributed by atoms with Gasteiger partial charge in [0.25, 0.3) is 0 Å². The van der Waals surface area contributed by atoms with Gasteiger partial charge in [-0.3, -0.25) is 14.4 Å². The number of benzene rings is 3. The van der Waals surface area contributed by atoms with Gasteiger partial charge in [-0.25, -0.2) is 0 Å². The van der Waals surface area contributed by atoms with Gasteiger partial charge in [-0.15, -0.1) is 12.0 Å². The molecule has 0 fully saturated rings. The van der Waals surface area contributed by atoms with Gasteiger partial charge in [-0.2, -0.15) is 0 Å². The Kier molecular flexibility index (Phi) is 84.4. The van der Waals surface area contributed by atoms with Gasteiger partial charge in [-0.1, -0.05) is 86.1 Å². The molecule has 0 bridgehead atoms. The monoisotopic (exact) mass is 2870 g/mol. The molecule has 334 valence electrons. The summed E-state index contributed by atoms with van der Waals surface area (Å²) in [5.41, 5.74) is 23.4. The summed E-state index contributed by atoms with van der Waals surface area (Å²) < 4.78 is 1.08. The number of terminal acetylenes is 1. The van der Waals surface area contributed by atoms with Crippen LogP contribution in [0.5, 0.6) is 0 Å². The van der Waals surface area contributed by atoms with E-state index in [1.54, 1.807) is 13.0 Å². The van der Waals surface area contributed by atoms with Gasteiger partial charge in [-0.05, 0) is 78.3 Å². The minimum atomic E-state index is -1.40. The number of primary amides is 3. The van der Waals surface area contributed by atoms with Crippen molar-refractivity contribution in [1.29, 1.82) is 0 Å². The average Bonchev–Trinajstić information content (AvgIpc) is 3.28. The number of amides is 3. The Balaban J connectivity index is -0.000000171. The molecule has 0 aliphatic heterocycles.